The van der Waals surface area contributed by atoms with E-state index in [4.69, 9.17) is 10.2 Å². The van der Waals surface area contributed by atoms with Gasteiger partial charge in [-0.3, -0.25) is 14.5 Å². The zero-order chi connectivity index (χ0) is 17.7. The predicted octanol–water partition coefficient (Wildman–Crippen LogP) is -1.59. The Bertz CT molecular complexity index is 696. The smallest absolute Gasteiger partial charge is 0.313 e. The molecule has 4 N–H and O–H groups in total. The number of primary sulfonamides is 1. The largest absolute Gasteiger partial charge is 0.395 e. The minimum absolute atomic E-state index is 0.0585. The second-order valence-corrected chi connectivity index (χ2v) is 6.94. The van der Waals surface area contributed by atoms with Gasteiger partial charge in [0.15, 0.2) is 0 Å². The van der Waals surface area contributed by atoms with Crippen LogP contribution in [0.15, 0.2) is 29.2 Å². The standard InChI is InChI=1S/C14H20N4O5S/c15-24(22,23)12-3-1-11(2-4-12)16-13(20)14(21)18-7-5-17(6-8-18)9-10-19/h1-4,19H,5-10H2,(H,16,20)(H2,15,22,23). The van der Waals surface area contributed by atoms with Gasteiger partial charge in [0.1, 0.15) is 0 Å². The number of benzene rings is 1. The Kier molecular flexibility index (Phi) is 5.89. The van der Waals surface area contributed by atoms with Crippen LogP contribution >= 0.6 is 0 Å². The van der Waals surface area contributed by atoms with Crippen LogP contribution in [0.3, 0.4) is 0 Å². The Morgan fingerprint density at radius 1 is 1.12 bits per heavy atom. The number of carbonyl (C=O) groups is 2. The summed E-state index contributed by atoms with van der Waals surface area (Å²) in [7, 11) is -3.80. The fourth-order valence-electron chi connectivity index (χ4n) is 2.37. The van der Waals surface area contributed by atoms with Crippen LogP contribution in [0, 0.1) is 0 Å². The third-order valence-electron chi connectivity index (χ3n) is 3.71. The molecule has 0 spiro atoms. The van der Waals surface area contributed by atoms with Gasteiger partial charge in [0.25, 0.3) is 0 Å². The van der Waals surface area contributed by atoms with Crippen LogP contribution < -0.4 is 10.5 Å². The average Bonchev–Trinajstić information content (AvgIpc) is 2.55. The fourth-order valence-corrected chi connectivity index (χ4v) is 2.89. The van der Waals surface area contributed by atoms with Crippen LogP contribution in [-0.4, -0.2) is 74.5 Å². The normalized spacial score (nSPS) is 16.0. The summed E-state index contributed by atoms with van der Waals surface area (Å²) in [5.41, 5.74) is 0.305. The molecule has 10 heteroatoms. The number of amides is 2. The van der Waals surface area contributed by atoms with Crippen molar-refractivity contribution in [2.75, 3.05) is 44.6 Å². The number of nitrogens with one attached hydrogen (secondary N) is 1. The molecule has 0 bridgehead atoms. The van der Waals surface area contributed by atoms with Gasteiger partial charge in [0.05, 0.1) is 11.5 Å². The monoisotopic (exact) mass is 356 g/mol. The number of rotatable bonds is 4. The Labute approximate surface area is 140 Å². The summed E-state index contributed by atoms with van der Waals surface area (Å²) in [4.78, 5) is 27.5. The third kappa shape index (κ3) is 4.74. The summed E-state index contributed by atoms with van der Waals surface area (Å²) in [6.07, 6.45) is 0. The lowest BCUT2D eigenvalue weighted by Crippen LogP contribution is -2.52. The van der Waals surface area contributed by atoms with E-state index >= 15 is 0 Å². The summed E-state index contributed by atoms with van der Waals surface area (Å²) >= 11 is 0. The van der Waals surface area contributed by atoms with Gasteiger partial charge in [0.2, 0.25) is 10.0 Å². The van der Waals surface area contributed by atoms with Crippen LogP contribution in [0.1, 0.15) is 0 Å². The molecule has 1 aliphatic heterocycles. The van der Waals surface area contributed by atoms with E-state index in [1.54, 1.807) is 0 Å². The van der Waals surface area contributed by atoms with E-state index in [-0.39, 0.29) is 11.5 Å². The highest BCUT2D eigenvalue weighted by Gasteiger charge is 2.25. The first-order chi connectivity index (χ1) is 11.3. The summed E-state index contributed by atoms with van der Waals surface area (Å²) in [6, 6.07) is 5.24. The van der Waals surface area contributed by atoms with Crippen LogP contribution in [0.5, 0.6) is 0 Å². The van der Waals surface area contributed by atoms with Gasteiger partial charge in [0, 0.05) is 38.4 Å². The van der Waals surface area contributed by atoms with E-state index < -0.39 is 21.8 Å². The number of carbonyl (C=O) groups excluding carboxylic acids is 2. The zero-order valence-corrected chi connectivity index (χ0v) is 13.8. The Balaban J connectivity index is 1.91. The van der Waals surface area contributed by atoms with Gasteiger partial charge < -0.3 is 15.3 Å². The maximum Gasteiger partial charge on any atom is 0.313 e. The number of hydrogen-bond acceptors (Lipinski definition) is 6. The quantitative estimate of drug-likeness (QED) is 0.557. The molecule has 9 nitrogen and oxygen atoms in total. The highest BCUT2D eigenvalue weighted by molar-refractivity contribution is 7.89. The molecule has 0 aliphatic carbocycles. The molecule has 1 fully saturated rings. The molecule has 132 valence electrons. The van der Waals surface area contributed by atoms with Crippen molar-refractivity contribution in [3.63, 3.8) is 0 Å². The first-order valence-electron chi connectivity index (χ1n) is 7.37. The maximum absolute atomic E-state index is 12.1. The number of aliphatic hydroxyl groups is 1. The number of nitrogens with zero attached hydrogens (tertiary/aromatic N) is 2. The summed E-state index contributed by atoms with van der Waals surface area (Å²) in [5, 5.41) is 16.3. The first kappa shape index (κ1) is 18.3. The van der Waals surface area contributed by atoms with Crippen molar-refractivity contribution in [2.24, 2.45) is 5.14 Å². The van der Waals surface area contributed by atoms with Crippen molar-refractivity contribution in [3.8, 4) is 0 Å². The molecule has 1 aromatic carbocycles. The van der Waals surface area contributed by atoms with Crippen molar-refractivity contribution in [2.45, 2.75) is 4.90 Å². The molecular weight excluding hydrogens is 336 g/mol. The van der Waals surface area contributed by atoms with E-state index in [0.717, 1.165) is 0 Å². The summed E-state index contributed by atoms with van der Waals surface area (Å²) in [5.74, 6) is -1.43. The molecule has 1 heterocycles. The highest BCUT2D eigenvalue weighted by atomic mass is 32.2. The minimum Gasteiger partial charge on any atom is -0.395 e. The molecule has 1 saturated heterocycles. The van der Waals surface area contributed by atoms with E-state index in [1.807, 2.05) is 4.90 Å². The third-order valence-corrected chi connectivity index (χ3v) is 4.64. The van der Waals surface area contributed by atoms with Crippen LogP contribution in [-0.2, 0) is 19.6 Å². The topological polar surface area (TPSA) is 133 Å². The van der Waals surface area contributed by atoms with Crippen LogP contribution in [0.25, 0.3) is 0 Å². The molecule has 2 rings (SSSR count). The first-order valence-corrected chi connectivity index (χ1v) is 8.92. The number of β-amino-alcohol motifs (C(OH)–C–C–N with tert-alkyl or cyclic N) is 1. The Morgan fingerprint density at radius 3 is 2.21 bits per heavy atom. The molecule has 1 aliphatic rings. The van der Waals surface area contributed by atoms with E-state index in [9.17, 15) is 18.0 Å². The predicted molar refractivity (Wildman–Crippen MR) is 86.6 cm³/mol. The number of piperazine rings is 1. The molecular formula is C14H20N4O5S. The average molecular weight is 356 g/mol. The summed E-state index contributed by atoms with van der Waals surface area (Å²) in [6.45, 7) is 2.63. The van der Waals surface area contributed by atoms with Crippen molar-refractivity contribution >= 4 is 27.5 Å². The Hall–Kier alpha value is -2.01. The van der Waals surface area contributed by atoms with E-state index in [1.165, 1.54) is 29.2 Å². The number of aliphatic hydroxyl groups excluding tert-OH is 1. The lowest BCUT2D eigenvalue weighted by atomic mass is 10.3. The van der Waals surface area contributed by atoms with Crippen LogP contribution in [0.2, 0.25) is 0 Å². The van der Waals surface area contributed by atoms with Gasteiger partial charge in [-0.1, -0.05) is 0 Å². The van der Waals surface area contributed by atoms with E-state index in [2.05, 4.69) is 5.32 Å². The highest BCUT2D eigenvalue weighted by Crippen LogP contribution is 2.13. The number of hydrogen-bond donors (Lipinski definition) is 3. The molecule has 24 heavy (non-hydrogen) atoms. The van der Waals surface area contributed by atoms with Gasteiger partial charge in [-0.05, 0) is 24.3 Å². The van der Waals surface area contributed by atoms with Crippen molar-refractivity contribution in [1.29, 1.82) is 0 Å². The molecule has 1 aromatic rings. The molecule has 2 amide bonds. The molecule has 0 atom stereocenters. The number of anilines is 1. The Morgan fingerprint density at radius 2 is 1.71 bits per heavy atom. The second-order valence-electron chi connectivity index (χ2n) is 5.38. The summed E-state index contributed by atoms with van der Waals surface area (Å²) < 4.78 is 22.3. The van der Waals surface area contributed by atoms with Gasteiger partial charge >= 0.3 is 11.8 Å². The zero-order valence-electron chi connectivity index (χ0n) is 13.0. The maximum atomic E-state index is 12.1. The molecule has 0 radical (unpaired) electrons. The van der Waals surface area contributed by atoms with Gasteiger partial charge in [-0.15, -0.1) is 0 Å². The van der Waals surface area contributed by atoms with E-state index in [0.29, 0.717) is 38.4 Å². The van der Waals surface area contributed by atoms with Crippen molar-refractivity contribution in [1.82, 2.24) is 9.80 Å². The van der Waals surface area contributed by atoms with Crippen molar-refractivity contribution < 1.29 is 23.1 Å². The van der Waals surface area contributed by atoms with Crippen molar-refractivity contribution in [3.05, 3.63) is 24.3 Å². The SMILES string of the molecule is NS(=O)(=O)c1ccc(NC(=O)C(=O)N2CCN(CCO)CC2)cc1. The molecule has 0 saturated carbocycles. The number of nitrogens with two attached hydrogens (primary N) is 1. The molecule has 0 unspecified atom stereocenters. The minimum atomic E-state index is -3.80. The molecule has 0 aromatic heterocycles. The number of sulfonamides is 1. The van der Waals surface area contributed by atoms with Gasteiger partial charge in [-0.25, -0.2) is 13.6 Å². The lowest BCUT2D eigenvalue weighted by Gasteiger charge is -2.33. The lowest BCUT2D eigenvalue weighted by molar-refractivity contribution is -0.144. The second kappa shape index (κ2) is 7.71. The van der Waals surface area contributed by atoms with Crippen LogP contribution in [0.4, 0.5) is 5.69 Å². The van der Waals surface area contributed by atoms with Gasteiger partial charge in [-0.2, -0.15) is 0 Å². The fraction of sp³-hybridized carbons (Fsp3) is 0.429.